The van der Waals surface area contributed by atoms with E-state index in [1.165, 1.54) is 5.56 Å². The molecule has 1 saturated heterocycles. The number of rotatable bonds is 2. The summed E-state index contributed by atoms with van der Waals surface area (Å²) in [5.41, 5.74) is 2.21. The summed E-state index contributed by atoms with van der Waals surface area (Å²) in [6, 6.07) is 1.89. The van der Waals surface area contributed by atoms with E-state index in [0.717, 1.165) is 57.3 Å². The molecule has 21 heavy (non-hydrogen) atoms. The lowest BCUT2D eigenvalue weighted by Gasteiger charge is -2.42. The SMILES string of the molecule is O=C(Nc1cc2c([nH]c1=O)CCCC2)[C@]12CC[C@H]1CNC2. The first kappa shape index (κ1) is 13.1. The number of anilines is 1. The summed E-state index contributed by atoms with van der Waals surface area (Å²) in [6.45, 7) is 1.67. The minimum atomic E-state index is -0.275. The van der Waals surface area contributed by atoms with Gasteiger partial charge < -0.3 is 15.6 Å². The van der Waals surface area contributed by atoms with Gasteiger partial charge in [-0.2, -0.15) is 0 Å². The molecule has 0 bridgehead atoms. The van der Waals surface area contributed by atoms with Gasteiger partial charge >= 0.3 is 0 Å². The van der Waals surface area contributed by atoms with Crippen molar-refractivity contribution in [3.63, 3.8) is 0 Å². The van der Waals surface area contributed by atoms with Crippen LogP contribution < -0.4 is 16.2 Å². The Morgan fingerprint density at radius 1 is 1.33 bits per heavy atom. The first-order valence-electron chi connectivity index (χ1n) is 7.96. The van der Waals surface area contributed by atoms with E-state index in [4.69, 9.17) is 0 Å². The molecule has 0 unspecified atom stereocenters. The zero-order valence-corrected chi connectivity index (χ0v) is 12.1. The molecule has 0 aromatic carbocycles. The standard InChI is InChI=1S/C16H21N3O2/c20-14-13(7-10-3-1-2-4-12(10)18-14)19-15(21)16-6-5-11(16)8-17-9-16/h7,11,17H,1-6,8-9H2,(H,18,20)(H,19,21)/t11-,16-/m0/s1. The summed E-state index contributed by atoms with van der Waals surface area (Å²) in [7, 11) is 0. The van der Waals surface area contributed by atoms with Crippen molar-refractivity contribution in [2.45, 2.75) is 38.5 Å². The molecule has 1 aromatic heterocycles. The molecule has 1 aromatic rings. The topological polar surface area (TPSA) is 74.0 Å². The number of pyridine rings is 1. The van der Waals surface area contributed by atoms with Crippen LogP contribution in [0.1, 0.15) is 36.9 Å². The number of H-pyrrole nitrogens is 1. The first-order valence-corrected chi connectivity index (χ1v) is 7.96. The van der Waals surface area contributed by atoms with E-state index in [-0.39, 0.29) is 16.9 Å². The van der Waals surface area contributed by atoms with Crippen LogP contribution in [0.3, 0.4) is 0 Å². The third-order valence-corrected chi connectivity index (χ3v) is 5.59. The molecule has 2 fully saturated rings. The number of aromatic nitrogens is 1. The molecule has 1 amide bonds. The Balaban J connectivity index is 1.60. The second-order valence-corrected chi connectivity index (χ2v) is 6.70. The van der Waals surface area contributed by atoms with E-state index in [9.17, 15) is 9.59 Å². The van der Waals surface area contributed by atoms with Crippen LogP contribution in [-0.2, 0) is 17.6 Å². The Morgan fingerprint density at radius 2 is 2.19 bits per heavy atom. The number of aromatic amines is 1. The Labute approximate surface area is 123 Å². The van der Waals surface area contributed by atoms with Crippen molar-refractivity contribution in [2.75, 3.05) is 18.4 Å². The second-order valence-electron chi connectivity index (χ2n) is 6.70. The van der Waals surface area contributed by atoms with Crippen LogP contribution in [0.25, 0.3) is 0 Å². The molecule has 1 saturated carbocycles. The fraction of sp³-hybridized carbons (Fsp3) is 0.625. The molecule has 1 aliphatic heterocycles. The van der Waals surface area contributed by atoms with E-state index in [2.05, 4.69) is 15.6 Å². The maximum Gasteiger partial charge on any atom is 0.271 e. The van der Waals surface area contributed by atoms with Crippen molar-refractivity contribution in [3.05, 3.63) is 27.7 Å². The lowest BCUT2D eigenvalue weighted by Crippen LogP contribution is -2.49. The van der Waals surface area contributed by atoms with Crippen molar-refractivity contribution >= 4 is 11.6 Å². The van der Waals surface area contributed by atoms with Crippen molar-refractivity contribution in [1.82, 2.24) is 10.3 Å². The van der Waals surface area contributed by atoms with Gasteiger partial charge in [0.15, 0.2) is 0 Å². The normalized spacial score (nSPS) is 30.2. The van der Waals surface area contributed by atoms with Crippen LogP contribution in [0.2, 0.25) is 0 Å². The number of fused-ring (bicyclic) bond motifs is 2. The van der Waals surface area contributed by atoms with Gasteiger partial charge in [-0.1, -0.05) is 0 Å². The molecule has 2 heterocycles. The second kappa shape index (κ2) is 4.70. The van der Waals surface area contributed by atoms with Gasteiger partial charge in [0.25, 0.3) is 5.56 Å². The predicted octanol–water partition coefficient (Wildman–Crippen LogP) is 1.19. The van der Waals surface area contributed by atoms with Crippen LogP contribution >= 0.6 is 0 Å². The van der Waals surface area contributed by atoms with E-state index in [1.54, 1.807) is 0 Å². The number of aryl methyl sites for hydroxylation is 2. The molecule has 2 aliphatic carbocycles. The molecular weight excluding hydrogens is 266 g/mol. The third kappa shape index (κ3) is 1.94. The Hall–Kier alpha value is -1.62. The molecular formula is C16H21N3O2. The van der Waals surface area contributed by atoms with E-state index in [0.29, 0.717) is 11.6 Å². The summed E-state index contributed by atoms with van der Waals surface area (Å²) in [5.74, 6) is 0.458. The maximum atomic E-state index is 12.6. The van der Waals surface area contributed by atoms with Crippen LogP contribution in [0.4, 0.5) is 5.69 Å². The van der Waals surface area contributed by atoms with Gasteiger partial charge in [0, 0.05) is 12.2 Å². The number of hydrogen-bond acceptors (Lipinski definition) is 3. The first-order chi connectivity index (χ1) is 10.2. The lowest BCUT2D eigenvalue weighted by atomic mass is 9.61. The number of nitrogens with one attached hydrogen (secondary N) is 3. The third-order valence-electron chi connectivity index (χ3n) is 5.59. The van der Waals surface area contributed by atoms with Crippen LogP contribution in [0.15, 0.2) is 10.9 Å². The largest absolute Gasteiger partial charge is 0.324 e. The molecule has 3 N–H and O–H groups in total. The summed E-state index contributed by atoms with van der Waals surface area (Å²) >= 11 is 0. The van der Waals surface area contributed by atoms with E-state index in [1.807, 2.05) is 6.07 Å². The van der Waals surface area contributed by atoms with Crippen LogP contribution in [0, 0.1) is 11.3 Å². The minimum Gasteiger partial charge on any atom is -0.324 e. The highest BCUT2D eigenvalue weighted by molar-refractivity contribution is 5.96. The van der Waals surface area contributed by atoms with Gasteiger partial charge in [-0.25, -0.2) is 0 Å². The van der Waals surface area contributed by atoms with Gasteiger partial charge in [-0.15, -0.1) is 0 Å². The van der Waals surface area contributed by atoms with Crippen molar-refractivity contribution in [1.29, 1.82) is 0 Å². The number of carbonyl (C=O) groups is 1. The molecule has 0 radical (unpaired) electrons. The number of carbonyl (C=O) groups excluding carboxylic acids is 1. The quantitative estimate of drug-likeness (QED) is 0.765. The smallest absolute Gasteiger partial charge is 0.271 e. The number of amides is 1. The molecule has 4 rings (SSSR count). The van der Waals surface area contributed by atoms with Crippen LogP contribution in [0.5, 0.6) is 0 Å². The van der Waals surface area contributed by atoms with Gasteiger partial charge in [-0.05, 0) is 62.6 Å². The Kier molecular flexibility index (Phi) is 2.92. The summed E-state index contributed by atoms with van der Waals surface area (Å²) < 4.78 is 0. The van der Waals surface area contributed by atoms with Gasteiger partial charge in [-0.3, -0.25) is 9.59 Å². The molecule has 0 spiro atoms. The Bertz CT molecular complexity index is 651. The van der Waals surface area contributed by atoms with Gasteiger partial charge in [0.1, 0.15) is 5.69 Å². The Morgan fingerprint density at radius 3 is 2.95 bits per heavy atom. The molecule has 3 aliphatic rings. The van der Waals surface area contributed by atoms with Crippen molar-refractivity contribution in [2.24, 2.45) is 11.3 Å². The zero-order valence-electron chi connectivity index (χ0n) is 12.1. The summed E-state index contributed by atoms with van der Waals surface area (Å²) in [4.78, 5) is 27.7. The monoisotopic (exact) mass is 287 g/mol. The zero-order chi connectivity index (χ0) is 14.4. The van der Waals surface area contributed by atoms with Crippen molar-refractivity contribution in [3.8, 4) is 0 Å². The van der Waals surface area contributed by atoms with E-state index >= 15 is 0 Å². The molecule has 112 valence electrons. The fourth-order valence-corrected chi connectivity index (χ4v) is 4.09. The highest BCUT2D eigenvalue weighted by atomic mass is 16.2. The summed E-state index contributed by atoms with van der Waals surface area (Å²) in [5, 5.41) is 6.21. The number of hydrogen-bond donors (Lipinski definition) is 3. The fourth-order valence-electron chi connectivity index (χ4n) is 4.09. The van der Waals surface area contributed by atoms with Gasteiger partial charge in [0.2, 0.25) is 5.91 Å². The van der Waals surface area contributed by atoms with E-state index < -0.39 is 0 Å². The molecule has 5 nitrogen and oxygen atoms in total. The molecule has 5 heteroatoms. The van der Waals surface area contributed by atoms with Crippen LogP contribution in [-0.4, -0.2) is 24.0 Å². The highest BCUT2D eigenvalue weighted by Crippen LogP contribution is 2.49. The maximum absolute atomic E-state index is 12.6. The minimum absolute atomic E-state index is 0.0185. The average Bonchev–Trinajstić information content (AvgIpc) is 2.75. The van der Waals surface area contributed by atoms with Crippen molar-refractivity contribution < 1.29 is 4.79 Å². The lowest BCUT2D eigenvalue weighted by molar-refractivity contribution is -0.132. The average molecular weight is 287 g/mol. The molecule has 2 atom stereocenters. The van der Waals surface area contributed by atoms with Gasteiger partial charge in [0.05, 0.1) is 5.41 Å². The highest BCUT2D eigenvalue weighted by Gasteiger charge is 2.55. The summed E-state index contributed by atoms with van der Waals surface area (Å²) in [6.07, 6.45) is 6.26. The predicted molar refractivity (Wildman–Crippen MR) is 80.4 cm³/mol.